The summed E-state index contributed by atoms with van der Waals surface area (Å²) < 4.78 is 5.32. The van der Waals surface area contributed by atoms with Gasteiger partial charge in [0.15, 0.2) is 0 Å². The summed E-state index contributed by atoms with van der Waals surface area (Å²) in [6.07, 6.45) is -0.288. The molecule has 0 spiro atoms. The van der Waals surface area contributed by atoms with E-state index in [4.69, 9.17) is 15.1 Å². The fourth-order valence-corrected chi connectivity index (χ4v) is 2.03. The van der Waals surface area contributed by atoms with Gasteiger partial charge in [-0.25, -0.2) is 0 Å². The number of benzene rings is 1. The van der Waals surface area contributed by atoms with Gasteiger partial charge in [-0.05, 0) is 12.1 Å². The number of ether oxygens (including phenoxy) is 1. The van der Waals surface area contributed by atoms with Crippen molar-refractivity contribution in [1.82, 2.24) is 0 Å². The van der Waals surface area contributed by atoms with Crippen LogP contribution >= 0.6 is 0 Å². The lowest BCUT2D eigenvalue weighted by Gasteiger charge is -2.33. The number of nitro groups is 1. The maximum Gasteiger partial charge on any atom is 0.289 e. The zero-order valence-electron chi connectivity index (χ0n) is 10.2. The van der Waals surface area contributed by atoms with Crippen molar-refractivity contribution in [3.8, 4) is 6.07 Å². The number of anilines is 1. The first kappa shape index (κ1) is 13.3. The van der Waals surface area contributed by atoms with Crippen LogP contribution in [-0.4, -0.2) is 42.4 Å². The number of aliphatic hydroxyl groups is 1. The highest BCUT2D eigenvalue weighted by Gasteiger charge is 2.22. The molecule has 0 saturated carbocycles. The summed E-state index contributed by atoms with van der Waals surface area (Å²) in [4.78, 5) is 12.2. The van der Waals surface area contributed by atoms with Gasteiger partial charge in [0, 0.05) is 24.8 Å². The zero-order valence-corrected chi connectivity index (χ0v) is 10.2. The highest BCUT2D eigenvalue weighted by Crippen LogP contribution is 2.26. The Hall–Kier alpha value is -2.17. The summed E-state index contributed by atoms with van der Waals surface area (Å²) in [5, 5.41) is 28.8. The van der Waals surface area contributed by atoms with Crippen LogP contribution in [-0.2, 0) is 4.74 Å². The van der Waals surface area contributed by atoms with Gasteiger partial charge in [0.25, 0.3) is 5.69 Å². The third-order valence-corrected chi connectivity index (χ3v) is 3.01. The van der Waals surface area contributed by atoms with Crippen molar-refractivity contribution < 1.29 is 14.8 Å². The molecule has 0 amide bonds. The highest BCUT2D eigenvalue weighted by atomic mass is 16.6. The number of nitro benzene ring substituents is 1. The molecule has 1 heterocycles. The quantitative estimate of drug-likeness (QED) is 0.635. The second-order valence-electron chi connectivity index (χ2n) is 4.19. The van der Waals surface area contributed by atoms with E-state index in [9.17, 15) is 10.1 Å². The molecular weight excluding hydrogens is 250 g/mol. The Bertz CT molecular complexity index is 526. The van der Waals surface area contributed by atoms with Crippen molar-refractivity contribution in [1.29, 1.82) is 5.26 Å². The lowest BCUT2D eigenvalue weighted by molar-refractivity contribution is -0.385. The van der Waals surface area contributed by atoms with Gasteiger partial charge in [0.2, 0.25) is 0 Å². The third kappa shape index (κ3) is 2.81. The molecule has 1 saturated heterocycles. The van der Waals surface area contributed by atoms with Gasteiger partial charge in [-0.15, -0.1) is 0 Å². The number of morpholine rings is 1. The molecule has 1 unspecified atom stereocenters. The summed E-state index contributed by atoms with van der Waals surface area (Å²) in [6, 6.07) is 6.30. The lowest BCUT2D eigenvalue weighted by Crippen LogP contribution is -2.44. The summed E-state index contributed by atoms with van der Waals surface area (Å²) >= 11 is 0. The van der Waals surface area contributed by atoms with Crippen LogP contribution in [0.1, 0.15) is 5.56 Å². The topological polar surface area (TPSA) is 99.6 Å². The van der Waals surface area contributed by atoms with E-state index in [0.29, 0.717) is 25.4 Å². The van der Waals surface area contributed by atoms with E-state index in [2.05, 4.69) is 0 Å². The number of nitrogens with zero attached hydrogens (tertiary/aromatic N) is 3. The number of hydrogen-bond donors (Lipinski definition) is 1. The Morgan fingerprint density at radius 3 is 3.05 bits per heavy atom. The SMILES string of the molecule is N#Cc1ccc(N2CCOC(CO)C2)cc1[N+](=O)[O-]. The molecule has 7 heteroatoms. The molecule has 19 heavy (non-hydrogen) atoms. The van der Waals surface area contributed by atoms with Crippen LogP contribution in [0, 0.1) is 21.4 Å². The van der Waals surface area contributed by atoms with Crippen LogP contribution in [0.5, 0.6) is 0 Å². The smallest absolute Gasteiger partial charge is 0.289 e. The van der Waals surface area contributed by atoms with Crippen LogP contribution in [0.4, 0.5) is 11.4 Å². The monoisotopic (exact) mass is 263 g/mol. The molecule has 0 aliphatic carbocycles. The number of rotatable bonds is 3. The Kier molecular flexibility index (Phi) is 3.94. The molecule has 100 valence electrons. The molecule has 1 aliphatic heterocycles. The van der Waals surface area contributed by atoms with Gasteiger partial charge in [0.05, 0.1) is 24.2 Å². The van der Waals surface area contributed by atoms with Crippen LogP contribution in [0.2, 0.25) is 0 Å². The highest BCUT2D eigenvalue weighted by molar-refractivity contribution is 5.60. The van der Waals surface area contributed by atoms with Crippen molar-refractivity contribution in [2.45, 2.75) is 6.10 Å². The molecule has 0 aromatic heterocycles. The zero-order chi connectivity index (χ0) is 13.8. The normalized spacial score (nSPS) is 18.9. The molecule has 7 nitrogen and oxygen atoms in total. The van der Waals surface area contributed by atoms with E-state index in [1.807, 2.05) is 4.90 Å². The van der Waals surface area contributed by atoms with Gasteiger partial charge in [-0.1, -0.05) is 0 Å². The average molecular weight is 263 g/mol. The van der Waals surface area contributed by atoms with E-state index >= 15 is 0 Å². The minimum Gasteiger partial charge on any atom is -0.394 e. The van der Waals surface area contributed by atoms with Gasteiger partial charge < -0.3 is 14.7 Å². The second-order valence-corrected chi connectivity index (χ2v) is 4.19. The van der Waals surface area contributed by atoms with Crippen LogP contribution < -0.4 is 4.90 Å². The van der Waals surface area contributed by atoms with Gasteiger partial charge in [0.1, 0.15) is 11.6 Å². The largest absolute Gasteiger partial charge is 0.394 e. The molecule has 1 atom stereocenters. The first-order chi connectivity index (χ1) is 9.15. The van der Waals surface area contributed by atoms with Gasteiger partial charge in [-0.2, -0.15) is 5.26 Å². The van der Waals surface area contributed by atoms with E-state index < -0.39 is 4.92 Å². The summed E-state index contributed by atoms with van der Waals surface area (Å²) in [5.41, 5.74) is 0.500. The van der Waals surface area contributed by atoms with Crippen molar-refractivity contribution in [3.63, 3.8) is 0 Å². The minimum atomic E-state index is -0.563. The van der Waals surface area contributed by atoms with Crippen molar-refractivity contribution in [3.05, 3.63) is 33.9 Å². The summed E-state index contributed by atoms with van der Waals surface area (Å²) in [5.74, 6) is 0. The maximum atomic E-state index is 10.9. The number of hydrogen-bond acceptors (Lipinski definition) is 6. The fourth-order valence-electron chi connectivity index (χ4n) is 2.03. The van der Waals surface area contributed by atoms with Crippen molar-refractivity contribution in [2.24, 2.45) is 0 Å². The molecule has 1 fully saturated rings. The molecule has 1 aliphatic rings. The number of aliphatic hydroxyl groups excluding tert-OH is 1. The molecule has 0 radical (unpaired) electrons. The predicted molar refractivity (Wildman–Crippen MR) is 66.9 cm³/mol. The standard InChI is InChI=1S/C12H13N3O4/c13-6-9-1-2-10(5-12(9)15(17)18)14-3-4-19-11(7-14)8-16/h1-2,5,11,16H,3-4,7-8H2. The Labute approximate surface area is 109 Å². The summed E-state index contributed by atoms with van der Waals surface area (Å²) in [7, 11) is 0. The van der Waals surface area contributed by atoms with Crippen LogP contribution in [0.15, 0.2) is 18.2 Å². The van der Waals surface area contributed by atoms with Crippen molar-refractivity contribution in [2.75, 3.05) is 31.2 Å². The van der Waals surface area contributed by atoms with Crippen LogP contribution in [0.3, 0.4) is 0 Å². The minimum absolute atomic E-state index is 0.0423. The summed E-state index contributed by atoms with van der Waals surface area (Å²) in [6.45, 7) is 1.44. The van der Waals surface area contributed by atoms with Crippen molar-refractivity contribution >= 4 is 11.4 Å². The van der Waals surface area contributed by atoms with E-state index in [-0.39, 0.29) is 24.0 Å². The van der Waals surface area contributed by atoms with Crippen LogP contribution in [0.25, 0.3) is 0 Å². The fraction of sp³-hybridized carbons (Fsp3) is 0.417. The number of nitriles is 1. The van der Waals surface area contributed by atoms with Gasteiger partial charge >= 0.3 is 0 Å². The third-order valence-electron chi connectivity index (χ3n) is 3.01. The molecule has 2 rings (SSSR count). The molecular formula is C12H13N3O4. The Morgan fingerprint density at radius 1 is 1.63 bits per heavy atom. The molecule has 1 N–H and O–H groups in total. The Morgan fingerprint density at radius 2 is 2.42 bits per heavy atom. The average Bonchev–Trinajstić information content (AvgIpc) is 2.46. The van der Waals surface area contributed by atoms with E-state index in [0.717, 1.165) is 0 Å². The molecule has 1 aromatic carbocycles. The van der Waals surface area contributed by atoms with E-state index in [1.54, 1.807) is 12.1 Å². The second kappa shape index (κ2) is 5.65. The van der Waals surface area contributed by atoms with E-state index in [1.165, 1.54) is 12.1 Å². The van der Waals surface area contributed by atoms with Gasteiger partial charge in [-0.3, -0.25) is 10.1 Å². The maximum absolute atomic E-state index is 10.9. The molecule has 0 bridgehead atoms. The Balaban J connectivity index is 2.28. The predicted octanol–water partition coefficient (Wildman–Crippen LogP) is 0.664. The first-order valence-corrected chi connectivity index (χ1v) is 5.81. The first-order valence-electron chi connectivity index (χ1n) is 5.81. The molecule has 1 aromatic rings. The lowest BCUT2D eigenvalue weighted by atomic mass is 10.1.